The summed E-state index contributed by atoms with van der Waals surface area (Å²) in [5.41, 5.74) is 7.83. The number of methoxy groups -OCH3 is 1. The molecule has 0 aliphatic rings. The first-order valence-electron chi connectivity index (χ1n) is 5.77. The Balaban J connectivity index is 2.32. The third-order valence-corrected chi connectivity index (χ3v) is 2.36. The molecule has 1 aromatic rings. The van der Waals surface area contributed by atoms with Crippen LogP contribution in [0.25, 0.3) is 0 Å². The molecule has 0 saturated carbocycles. The summed E-state index contributed by atoms with van der Waals surface area (Å²) in [7, 11) is 1.65. The molecule has 0 saturated heterocycles. The fraction of sp³-hybridized carbons (Fsp3) is 0.538. The van der Waals surface area contributed by atoms with Crippen LogP contribution in [0.15, 0.2) is 18.2 Å². The van der Waals surface area contributed by atoms with Crippen LogP contribution in [0.2, 0.25) is 0 Å². The number of benzene rings is 1. The Hall–Kier alpha value is -1.10. The van der Waals surface area contributed by atoms with Crippen molar-refractivity contribution in [1.82, 2.24) is 0 Å². The highest BCUT2D eigenvalue weighted by molar-refractivity contribution is 5.36. The average Bonchev–Trinajstić information content (AvgIpc) is 2.34. The van der Waals surface area contributed by atoms with Gasteiger partial charge in [0.1, 0.15) is 12.4 Å². The number of nitrogens with two attached hydrogens (primary N) is 1. The van der Waals surface area contributed by atoms with E-state index in [2.05, 4.69) is 0 Å². The maximum Gasteiger partial charge on any atom is 0.124 e. The molecule has 0 aliphatic carbocycles. The molecule has 0 radical (unpaired) electrons. The Kier molecular flexibility index (Phi) is 6.62. The molecule has 0 aromatic heterocycles. The highest BCUT2D eigenvalue weighted by atomic mass is 16.5. The fourth-order valence-corrected chi connectivity index (χ4v) is 1.42. The Bertz CT molecular complexity index is 328. The molecule has 0 aliphatic heterocycles. The van der Waals surface area contributed by atoms with Crippen molar-refractivity contribution >= 4 is 0 Å². The van der Waals surface area contributed by atoms with Crippen LogP contribution in [0.5, 0.6) is 5.75 Å². The molecular formula is C13H21NO3. The van der Waals surface area contributed by atoms with Gasteiger partial charge in [-0.15, -0.1) is 0 Å². The van der Waals surface area contributed by atoms with E-state index in [1.54, 1.807) is 7.11 Å². The zero-order valence-corrected chi connectivity index (χ0v) is 10.6. The van der Waals surface area contributed by atoms with E-state index >= 15 is 0 Å². The Labute approximate surface area is 103 Å². The van der Waals surface area contributed by atoms with Gasteiger partial charge in [0, 0.05) is 19.2 Å². The van der Waals surface area contributed by atoms with Gasteiger partial charge in [0.15, 0.2) is 0 Å². The summed E-state index contributed by atoms with van der Waals surface area (Å²) in [5, 5.41) is 0. The summed E-state index contributed by atoms with van der Waals surface area (Å²) in [6, 6.07) is 6.03. The lowest BCUT2D eigenvalue weighted by Crippen LogP contribution is -2.11. The van der Waals surface area contributed by atoms with Crippen LogP contribution in [0.1, 0.15) is 11.1 Å². The average molecular weight is 239 g/mol. The van der Waals surface area contributed by atoms with E-state index in [0.29, 0.717) is 33.0 Å². The minimum absolute atomic E-state index is 0.486. The lowest BCUT2D eigenvalue weighted by molar-refractivity contribution is 0.0543. The Morgan fingerprint density at radius 2 is 1.88 bits per heavy atom. The molecule has 0 atom stereocenters. The first-order valence-corrected chi connectivity index (χ1v) is 5.77. The van der Waals surface area contributed by atoms with Gasteiger partial charge in [-0.3, -0.25) is 0 Å². The van der Waals surface area contributed by atoms with E-state index in [0.717, 1.165) is 16.9 Å². The van der Waals surface area contributed by atoms with Crippen LogP contribution in [0.3, 0.4) is 0 Å². The quantitative estimate of drug-likeness (QED) is 0.698. The van der Waals surface area contributed by atoms with Crippen LogP contribution < -0.4 is 10.5 Å². The van der Waals surface area contributed by atoms with Gasteiger partial charge >= 0.3 is 0 Å². The van der Waals surface area contributed by atoms with Gasteiger partial charge in [0.25, 0.3) is 0 Å². The largest absolute Gasteiger partial charge is 0.491 e. The molecule has 0 fully saturated rings. The molecule has 2 N–H and O–H groups in total. The molecule has 0 amide bonds. The standard InChI is InChI=1S/C13H21NO3/c1-11-3-4-12(10-14)13(9-11)17-8-7-16-6-5-15-2/h3-4,9H,5-8,10,14H2,1-2H3. The third-order valence-electron chi connectivity index (χ3n) is 2.36. The lowest BCUT2D eigenvalue weighted by Gasteiger charge is -2.11. The maximum atomic E-state index is 5.64. The summed E-state index contributed by atoms with van der Waals surface area (Å²) in [4.78, 5) is 0. The molecule has 1 aromatic carbocycles. The number of ether oxygens (including phenoxy) is 3. The molecule has 1 rings (SSSR count). The van der Waals surface area contributed by atoms with Crippen molar-refractivity contribution in [3.05, 3.63) is 29.3 Å². The molecule has 0 spiro atoms. The van der Waals surface area contributed by atoms with Crippen molar-refractivity contribution in [3.8, 4) is 5.75 Å². The highest BCUT2D eigenvalue weighted by Gasteiger charge is 2.02. The molecule has 0 unspecified atom stereocenters. The van der Waals surface area contributed by atoms with Gasteiger partial charge in [-0.25, -0.2) is 0 Å². The topological polar surface area (TPSA) is 53.7 Å². The summed E-state index contributed by atoms with van der Waals surface area (Å²) < 4.78 is 15.8. The van der Waals surface area contributed by atoms with Crippen LogP contribution in [-0.2, 0) is 16.0 Å². The van der Waals surface area contributed by atoms with Gasteiger partial charge in [-0.05, 0) is 18.6 Å². The van der Waals surface area contributed by atoms with Crippen molar-refractivity contribution < 1.29 is 14.2 Å². The van der Waals surface area contributed by atoms with Gasteiger partial charge in [0.05, 0.1) is 19.8 Å². The normalized spacial score (nSPS) is 10.5. The minimum atomic E-state index is 0.486. The summed E-state index contributed by atoms with van der Waals surface area (Å²) in [6.07, 6.45) is 0. The summed E-state index contributed by atoms with van der Waals surface area (Å²) in [6.45, 7) is 4.81. The van der Waals surface area contributed by atoms with Crippen molar-refractivity contribution in [2.75, 3.05) is 33.5 Å². The zero-order valence-electron chi connectivity index (χ0n) is 10.6. The number of hydrogen-bond donors (Lipinski definition) is 1. The van der Waals surface area contributed by atoms with E-state index in [4.69, 9.17) is 19.9 Å². The monoisotopic (exact) mass is 239 g/mol. The molecular weight excluding hydrogens is 218 g/mol. The van der Waals surface area contributed by atoms with Crippen molar-refractivity contribution in [3.63, 3.8) is 0 Å². The molecule has 96 valence electrons. The first-order chi connectivity index (χ1) is 8.27. The van der Waals surface area contributed by atoms with Crippen LogP contribution in [0, 0.1) is 6.92 Å². The third kappa shape index (κ3) is 5.17. The van der Waals surface area contributed by atoms with Gasteiger partial charge < -0.3 is 19.9 Å². The Morgan fingerprint density at radius 1 is 1.12 bits per heavy atom. The smallest absolute Gasteiger partial charge is 0.124 e. The summed E-state index contributed by atoms with van der Waals surface area (Å²) in [5.74, 6) is 0.850. The molecule has 4 nitrogen and oxygen atoms in total. The van der Waals surface area contributed by atoms with Crippen molar-refractivity contribution in [2.24, 2.45) is 5.73 Å². The predicted molar refractivity (Wildman–Crippen MR) is 67.3 cm³/mol. The van der Waals surface area contributed by atoms with Gasteiger partial charge in [0.2, 0.25) is 0 Å². The van der Waals surface area contributed by atoms with Crippen LogP contribution in [-0.4, -0.2) is 33.5 Å². The van der Waals surface area contributed by atoms with Crippen LogP contribution in [0.4, 0.5) is 0 Å². The second-order valence-corrected chi connectivity index (χ2v) is 3.77. The predicted octanol–water partition coefficient (Wildman–Crippen LogP) is 1.50. The molecule has 0 bridgehead atoms. The molecule has 0 heterocycles. The van der Waals surface area contributed by atoms with Crippen molar-refractivity contribution in [1.29, 1.82) is 0 Å². The minimum Gasteiger partial charge on any atom is -0.491 e. The van der Waals surface area contributed by atoms with E-state index in [1.807, 2.05) is 25.1 Å². The van der Waals surface area contributed by atoms with Crippen LogP contribution >= 0.6 is 0 Å². The Morgan fingerprint density at radius 3 is 2.59 bits per heavy atom. The first kappa shape index (κ1) is 14.0. The summed E-state index contributed by atoms with van der Waals surface area (Å²) >= 11 is 0. The van der Waals surface area contributed by atoms with E-state index in [9.17, 15) is 0 Å². The lowest BCUT2D eigenvalue weighted by atomic mass is 10.1. The molecule has 17 heavy (non-hydrogen) atoms. The number of rotatable bonds is 8. The van der Waals surface area contributed by atoms with E-state index in [-0.39, 0.29) is 0 Å². The second-order valence-electron chi connectivity index (χ2n) is 3.77. The maximum absolute atomic E-state index is 5.64. The van der Waals surface area contributed by atoms with Crippen molar-refractivity contribution in [2.45, 2.75) is 13.5 Å². The number of aryl methyl sites for hydroxylation is 1. The van der Waals surface area contributed by atoms with Gasteiger partial charge in [-0.2, -0.15) is 0 Å². The van der Waals surface area contributed by atoms with E-state index in [1.165, 1.54) is 0 Å². The van der Waals surface area contributed by atoms with Gasteiger partial charge in [-0.1, -0.05) is 12.1 Å². The van der Waals surface area contributed by atoms with E-state index < -0.39 is 0 Å². The SMILES string of the molecule is COCCOCCOc1cc(C)ccc1CN. The fourth-order valence-electron chi connectivity index (χ4n) is 1.42. The number of hydrogen-bond acceptors (Lipinski definition) is 4. The zero-order chi connectivity index (χ0) is 12.5. The second kappa shape index (κ2) is 8.06. The molecule has 4 heteroatoms. The highest BCUT2D eigenvalue weighted by Crippen LogP contribution is 2.19.